The van der Waals surface area contributed by atoms with E-state index in [1.54, 1.807) is 6.21 Å². The highest BCUT2D eigenvalue weighted by Crippen LogP contribution is 2.65. The van der Waals surface area contributed by atoms with Gasteiger partial charge in [-0.3, -0.25) is 4.79 Å². The number of fused-ring (bicyclic) bond motifs is 5. The van der Waals surface area contributed by atoms with Gasteiger partial charge in [0.05, 0.1) is 11.6 Å². The van der Waals surface area contributed by atoms with Gasteiger partial charge in [-0.1, -0.05) is 19.8 Å². The van der Waals surface area contributed by atoms with Crippen LogP contribution < -0.4 is 0 Å². The molecule has 4 saturated carbocycles. The molecule has 4 rings (SSSR count). The summed E-state index contributed by atoms with van der Waals surface area (Å²) in [6.07, 6.45) is 13.7. The molecule has 0 heterocycles. The lowest BCUT2D eigenvalue weighted by Crippen LogP contribution is -2.54. The fraction of sp³-hybridized carbons (Fsp3) is 0.895. The van der Waals surface area contributed by atoms with Gasteiger partial charge in [-0.15, -0.1) is 17.6 Å². The summed E-state index contributed by atoms with van der Waals surface area (Å²) in [6, 6.07) is 0. The molecule has 0 aliphatic heterocycles. The second kappa shape index (κ2) is 6.06. The first-order valence-electron chi connectivity index (χ1n) is 9.34. The van der Waals surface area contributed by atoms with E-state index in [1.165, 1.54) is 38.5 Å². The second-order valence-corrected chi connectivity index (χ2v) is 8.69. The van der Waals surface area contributed by atoms with Gasteiger partial charge in [-0.25, -0.2) is 0 Å². The quantitative estimate of drug-likeness (QED) is 0.421. The molecule has 23 heavy (non-hydrogen) atoms. The zero-order valence-electron chi connectivity index (χ0n) is 14.2. The zero-order valence-corrected chi connectivity index (χ0v) is 15.0. The normalized spacial score (nSPS) is 49.2. The van der Waals surface area contributed by atoms with Gasteiger partial charge in [0.25, 0.3) is 0 Å². The number of carbonyl (C=O) groups excluding carboxylic acids is 1. The van der Waals surface area contributed by atoms with E-state index in [1.807, 2.05) is 0 Å². The molecule has 0 aromatic carbocycles. The average Bonchev–Trinajstić information content (AvgIpc) is 2.84. The van der Waals surface area contributed by atoms with E-state index in [-0.39, 0.29) is 12.4 Å². The molecule has 4 heteroatoms. The smallest absolute Gasteiger partial charge is 0.144 e. The number of halogens is 1. The highest BCUT2D eigenvalue weighted by molar-refractivity contribution is 6.01. The third kappa shape index (κ3) is 2.29. The third-order valence-electron chi connectivity index (χ3n) is 8.20. The monoisotopic (exact) mass is 339 g/mol. The number of hydrogen-bond donors (Lipinski definition) is 1. The van der Waals surface area contributed by atoms with E-state index < -0.39 is 5.41 Å². The Morgan fingerprint density at radius 3 is 2.70 bits per heavy atom. The molecule has 0 aromatic rings. The third-order valence-corrected chi connectivity index (χ3v) is 8.20. The predicted octanol–water partition coefficient (Wildman–Crippen LogP) is 4.85. The standard InChI is InChI=1S/C19H29NO2.ClH/c1-18-10-3-2-4-13(18)5-6-14-15(18)9-11-19(12-20-22)16(14)7-8-17(19)21;/h12-16,22H,2-11H2,1H3;1H/t13?,14-,15+,16+,18+,19-;/m1./s1. The molecule has 130 valence electrons. The van der Waals surface area contributed by atoms with Crippen LogP contribution in [-0.4, -0.2) is 17.2 Å². The maximum atomic E-state index is 12.6. The summed E-state index contributed by atoms with van der Waals surface area (Å²) in [5, 5.41) is 12.5. The minimum absolute atomic E-state index is 0. The Hall–Kier alpha value is -0.570. The predicted molar refractivity (Wildman–Crippen MR) is 93.2 cm³/mol. The molecule has 6 atom stereocenters. The van der Waals surface area contributed by atoms with Crippen LogP contribution in [0.15, 0.2) is 5.16 Å². The van der Waals surface area contributed by atoms with Crippen LogP contribution in [0.3, 0.4) is 0 Å². The molecule has 4 aliphatic carbocycles. The van der Waals surface area contributed by atoms with Crippen molar-refractivity contribution in [3.05, 3.63) is 0 Å². The second-order valence-electron chi connectivity index (χ2n) is 8.69. The van der Waals surface area contributed by atoms with Gasteiger partial charge in [-0.2, -0.15) is 0 Å². The summed E-state index contributed by atoms with van der Waals surface area (Å²) in [5.74, 6) is 3.16. The molecule has 0 aromatic heterocycles. The van der Waals surface area contributed by atoms with Crippen LogP contribution in [-0.2, 0) is 4.79 Å². The lowest BCUT2D eigenvalue weighted by molar-refractivity contribution is -0.132. The maximum absolute atomic E-state index is 12.6. The molecule has 4 fully saturated rings. The van der Waals surface area contributed by atoms with E-state index in [0.29, 0.717) is 29.5 Å². The van der Waals surface area contributed by atoms with Gasteiger partial charge in [-0.05, 0) is 74.0 Å². The van der Waals surface area contributed by atoms with Crippen molar-refractivity contribution in [1.82, 2.24) is 0 Å². The molecule has 0 spiro atoms. The van der Waals surface area contributed by atoms with Crippen LogP contribution in [0.25, 0.3) is 0 Å². The largest absolute Gasteiger partial charge is 0.411 e. The van der Waals surface area contributed by atoms with Crippen LogP contribution in [0.2, 0.25) is 0 Å². The Labute approximate surface area is 145 Å². The van der Waals surface area contributed by atoms with Gasteiger partial charge >= 0.3 is 0 Å². The summed E-state index contributed by atoms with van der Waals surface area (Å²) in [5.41, 5.74) is 0.0864. The van der Waals surface area contributed by atoms with Crippen molar-refractivity contribution in [3.63, 3.8) is 0 Å². The number of oxime groups is 1. The van der Waals surface area contributed by atoms with E-state index in [2.05, 4.69) is 12.1 Å². The Morgan fingerprint density at radius 2 is 1.91 bits per heavy atom. The first-order valence-corrected chi connectivity index (χ1v) is 9.34. The maximum Gasteiger partial charge on any atom is 0.144 e. The zero-order chi connectivity index (χ0) is 15.4. The molecule has 3 nitrogen and oxygen atoms in total. The van der Waals surface area contributed by atoms with Crippen LogP contribution in [0.5, 0.6) is 0 Å². The van der Waals surface area contributed by atoms with Gasteiger partial charge in [0.1, 0.15) is 5.78 Å². The van der Waals surface area contributed by atoms with Gasteiger partial charge in [0.15, 0.2) is 0 Å². The summed E-state index contributed by atoms with van der Waals surface area (Å²) in [4.78, 5) is 12.6. The Balaban J connectivity index is 0.00000156. The van der Waals surface area contributed by atoms with Crippen molar-refractivity contribution in [2.75, 3.05) is 0 Å². The van der Waals surface area contributed by atoms with Gasteiger partial charge in [0.2, 0.25) is 0 Å². The first-order chi connectivity index (χ1) is 10.6. The van der Waals surface area contributed by atoms with Crippen LogP contribution in [0.4, 0.5) is 0 Å². The minimum atomic E-state index is -0.423. The molecule has 1 unspecified atom stereocenters. The van der Waals surface area contributed by atoms with E-state index in [9.17, 15) is 4.79 Å². The Morgan fingerprint density at radius 1 is 1.09 bits per heavy atom. The number of carbonyl (C=O) groups is 1. The van der Waals surface area contributed by atoms with Crippen LogP contribution in [0.1, 0.15) is 71.1 Å². The van der Waals surface area contributed by atoms with Crippen molar-refractivity contribution in [3.8, 4) is 0 Å². The number of rotatable bonds is 1. The topological polar surface area (TPSA) is 49.7 Å². The highest BCUT2D eigenvalue weighted by atomic mass is 35.5. The lowest BCUT2D eigenvalue weighted by atomic mass is 9.45. The number of nitrogens with zero attached hydrogens (tertiary/aromatic N) is 1. The molecule has 0 amide bonds. The van der Waals surface area contributed by atoms with Crippen molar-refractivity contribution < 1.29 is 10.0 Å². The van der Waals surface area contributed by atoms with Gasteiger partial charge in [0, 0.05) is 6.42 Å². The lowest BCUT2D eigenvalue weighted by Gasteiger charge is -2.59. The Bertz CT molecular complexity index is 508. The molecule has 1 N–H and O–H groups in total. The SMILES string of the molecule is C[C@]12CCCCC1CC[C@@H]1[C@@H]2CC[C@]2(C=NO)C(=O)CC[C@@H]12.Cl. The number of ketones is 1. The molecule has 0 radical (unpaired) electrons. The summed E-state index contributed by atoms with van der Waals surface area (Å²) in [7, 11) is 0. The van der Waals surface area contributed by atoms with Crippen molar-refractivity contribution >= 4 is 24.4 Å². The summed E-state index contributed by atoms with van der Waals surface area (Å²) >= 11 is 0. The van der Waals surface area contributed by atoms with Crippen LogP contribution >= 0.6 is 12.4 Å². The molecule has 0 saturated heterocycles. The van der Waals surface area contributed by atoms with Crippen molar-refractivity contribution in [1.29, 1.82) is 0 Å². The molecular formula is C19H30ClNO2. The van der Waals surface area contributed by atoms with Crippen LogP contribution in [0, 0.1) is 34.5 Å². The fourth-order valence-electron chi connectivity index (χ4n) is 7.14. The van der Waals surface area contributed by atoms with Crippen molar-refractivity contribution in [2.24, 2.45) is 39.7 Å². The number of Topliss-reactive ketones (excluding diaryl/α,β-unsaturated/α-hetero) is 1. The van der Waals surface area contributed by atoms with E-state index in [4.69, 9.17) is 5.21 Å². The first kappa shape index (κ1) is 17.3. The molecule has 4 aliphatic rings. The highest BCUT2D eigenvalue weighted by Gasteiger charge is 2.61. The minimum Gasteiger partial charge on any atom is -0.411 e. The van der Waals surface area contributed by atoms with Gasteiger partial charge < -0.3 is 5.21 Å². The fourth-order valence-corrected chi connectivity index (χ4v) is 7.14. The van der Waals surface area contributed by atoms with Crippen molar-refractivity contribution in [2.45, 2.75) is 71.1 Å². The Kier molecular flexibility index (Phi) is 4.54. The molecular weight excluding hydrogens is 310 g/mol. The van der Waals surface area contributed by atoms with E-state index in [0.717, 1.165) is 31.1 Å². The average molecular weight is 340 g/mol. The summed E-state index contributed by atoms with van der Waals surface area (Å²) < 4.78 is 0. The molecule has 0 bridgehead atoms. The summed E-state index contributed by atoms with van der Waals surface area (Å²) in [6.45, 7) is 2.55. The number of hydrogen-bond acceptors (Lipinski definition) is 3. The van der Waals surface area contributed by atoms with E-state index >= 15 is 0 Å².